The molecule has 8 heteroatoms. The average molecular weight is 451 g/mol. The van der Waals surface area contributed by atoms with Crippen molar-refractivity contribution in [1.29, 1.82) is 0 Å². The monoisotopic (exact) mass is 450 g/mol. The highest BCUT2D eigenvalue weighted by molar-refractivity contribution is 7.95. The van der Waals surface area contributed by atoms with Crippen LogP contribution < -0.4 is 4.74 Å². The molecule has 0 heterocycles. The highest BCUT2D eigenvalue weighted by Crippen LogP contribution is 2.37. The summed E-state index contributed by atoms with van der Waals surface area (Å²) in [4.78, 5) is 12.2. The zero-order chi connectivity index (χ0) is 22.9. The third kappa shape index (κ3) is 7.43. The predicted octanol–water partition coefficient (Wildman–Crippen LogP) is 2.09. The Morgan fingerprint density at radius 3 is 2.52 bits per heavy atom. The van der Waals surface area contributed by atoms with E-state index in [9.17, 15) is 23.4 Å². The van der Waals surface area contributed by atoms with Gasteiger partial charge in [0.05, 0.1) is 12.7 Å². The number of para-hydroxylation sites is 1. The van der Waals surface area contributed by atoms with Crippen molar-refractivity contribution in [2.45, 2.75) is 43.8 Å². The van der Waals surface area contributed by atoms with Crippen LogP contribution in [0.25, 0.3) is 0 Å². The van der Waals surface area contributed by atoms with E-state index in [1.807, 2.05) is 30.3 Å². The number of aliphatic hydroxyl groups excluding tert-OH is 2. The van der Waals surface area contributed by atoms with Crippen molar-refractivity contribution < 1.29 is 33.3 Å². The molecule has 2 rings (SSSR count). The third-order valence-corrected chi connectivity index (χ3v) is 6.02. The number of aliphatic hydroxyl groups is 3. The molecule has 0 amide bonds. The van der Waals surface area contributed by atoms with Crippen molar-refractivity contribution in [1.82, 2.24) is 0 Å². The first-order valence-electron chi connectivity index (χ1n) is 10.2. The molecule has 0 aromatic heterocycles. The van der Waals surface area contributed by atoms with Gasteiger partial charge in [0, 0.05) is 18.4 Å². The maximum Gasteiger partial charge on any atom is 0.203 e. The van der Waals surface area contributed by atoms with Crippen LogP contribution in [0.1, 0.15) is 32.1 Å². The summed E-state index contributed by atoms with van der Waals surface area (Å²) in [7, 11) is -3.80. The molecule has 1 aromatic carbocycles. The number of benzene rings is 1. The molecule has 3 N–H and O–H groups in total. The number of allylic oxidation sites excluding steroid dienone is 3. The molecule has 1 aliphatic carbocycles. The van der Waals surface area contributed by atoms with Crippen molar-refractivity contribution in [3.63, 3.8) is 0 Å². The summed E-state index contributed by atoms with van der Waals surface area (Å²) in [6, 6.07) is 9.30. The summed E-state index contributed by atoms with van der Waals surface area (Å²) in [5, 5.41) is 29.7. The molecule has 0 saturated carbocycles. The Morgan fingerprint density at radius 2 is 1.87 bits per heavy atom. The Kier molecular flexibility index (Phi) is 9.18. The van der Waals surface area contributed by atoms with Crippen LogP contribution in [0.2, 0.25) is 0 Å². The van der Waals surface area contributed by atoms with E-state index in [0.29, 0.717) is 32.3 Å². The van der Waals surface area contributed by atoms with Gasteiger partial charge in [-0.05, 0) is 50.3 Å². The van der Waals surface area contributed by atoms with E-state index in [1.165, 1.54) is 18.2 Å². The van der Waals surface area contributed by atoms with Crippen LogP contribution in [-0.4, -0.2) is 60.7 Å². The lowest BCUT2D eigenvalue weighted by Gasteiger charge is -2.22. The molecule has 2 atom stereocenters. The Balaban J connectivity index is 2.06. The van der Waals surface area contributed by atoms with Crippen LogP contribution in [-0.2, 0) is 14.6 Å². The van der Waals surface area contributed by atoms with E-state index in [0.717, 1.165) is 18.1 Å². The van der Waals surface area contributed by atoms with Gasteiger partial charge in [0.1, 0.15) is 16.3 Å². The number of rotatable bonds is 12. The van der Waals surface area contributed by atoms with Crippen LogP contribution in [0.15, 0.2) is 65.1 Å². The molecule has 1 aliphatic rings. The fourth-order valence-corrected chi connectivity index (χ4v) is 4.13. The fourth-order valence-electron chi connectivity index (χ4n) is 3.27. The number of sulfone groups is 1. The summed E-state index contributed by atoms with van der Waals surface area (Å²) in [5.41, 5.74) is -1.75. The highest BCUT2D eigenvalue weighted by atomic mass is 32.2. The lowest BCUT2D eigenvalue weighted by molar-refractivity contribution is -0.112. The van der Waals surface area contributed by atoms with Crippen LogP contribution >= 0.6 is 0 Å². The van der Waals surface area contributed by atoms with Crippen molar-refractivity contribution in [2.75, 3.05) is 19.5 Å². The topological polar surface area (TPSA) is 121 Å². The molecule has 0 saturated heterocycles. The quantitative estimate of drug-likeness (QED) is 0.329. The van der Waals surface area contributed by atoms with Gasteiger partial charge in [-0.1, -0.05) is 36.4 Å². The van der Waals surface area contributed by atoms with Crippen molar-refractivity contribution >= 4 is 15.6 Å². The second kappa shape index (κ2) is 11.4. The fraction of sp³-hybridized carbons (Fsp3) is 0.435. The molecular formula is C23H30O7S. The minimum Gasteiger partial charge on any atom is -0.494 e. The van der Waals surface area contributed by atoms with E-state index in [1.54, 1.807) is 0 Å². The van der Waals surface area contributed by atoms with Crippen molar-refractivity contribution in [3.8, 4) is 5.75 Å². The zero-order valence-corrected chi connectivity index (χ0v) is 18.4. The maximum atomic E-state index is 12.7. The minimum atomic E-state index is -3.80. The molecule has 0 fully saturated rings. The molecule has 31 heavy (non-hydrogen) atoms. The molecule has 170 valence electrons. The molecule has 2 unspecified atom stereocenters. The summed E-state index contributed by atoms with van der Waals surface area (Å²) < 4.78 is 29.6. The van der Waals surface area contributed by atoms with E-state index in [4.69, 9.17) is 9.84 Å². The lowest BCUT2D eigenvalue weighted by atomic mass is 9.90. The lowest BCUT2D eigenvalue weighted by Crippen LogP contribution is -2.28. The van der Waals surface area contributed by atoms with Gasteiger partial charge in [-0.15, -0.1) is 0 Å². The van der Waals surface area contributed by atoms with Gasteiger partial charge in [-0.3, -0.25) is 4.79 Å². The number of Topliss-reactive ketones (excluding diaryl/α,β-unsaturated/α-hetero) is 1. The second-order valence-electron chi connectivity index (χ2n) is 7.55. The first kappa shape index (κ1) is 25.0. The highest BCUT2D eigenvalue weighted by Gasteiger charge is 2.44. The number of hydrogen-bond acceptors (Lipinski definition) is 7. The third-order valence-electron chi connectivity index (χ3n) is 4.92. The zero-order valence-electron chi connectivity index (χ0n) is 17.6. The first-order chi connectivity index (χ1) is 14.7. The molecule has 7 nitrogen and oxygen atoms in total. The Hall–Kier alpha value is -2.26. The molecule has 0 bridgehead atoms. The number of unbranched alkanes of at least 4 members (excludes halogenated alkanes) is 1. The van der Waals surface area contributed by atoms with Crippen molar-refractivity contribution in [2.24, 2.45) is 0 Å². The SMILES string of the molecule is CS(=O)(=O)C1=CC(O)(CCCCOc2ccccc2)/C(=C/C=C\C(O)CCCO)C1=O. The number of hydrogen-bond donors (Lipinski definition) is 3. The van der Waals surface area contributed by atoms with Crippen LogP contribution in [0.5, 0.6) is 5.75 Å². The molecular weight excluding hydrogens is 420 g/mol. The molecule has 0 spiro atoms. The Labute approximate surface area is 183 Å². The number of carbonyl (C=O) groups is 1. The largest absolute Gasteiger partial charge is 0.494 e. The van der Waals surface area contributed by atoms with E-state index in [2.05, 4.69) is 0 Å². The van der Waals surface area contributed by atoms with Gasteiger partial charge < -0.3 is 20.1 Å². The van der Waals surface area contributed by atoms with Gasteiger partial charge in [0.25, 0.3) is 0 Å². The predicted molar refractivity (Wildman–Crippen MR) is 118 cm³/mol. The summed E-state index contributed by atoms with van der Waals surface area (Å²) in [5.74, 6) is 0.00188. The normalized spacial score (nSPS) is 21.6. The smallest absolute Gasteiger partial charge is 0.203 e. The molecule has 0 aliphatic heterocycles. The van der Waals surface area contributed by atoms with E-state index < -0.39 is 32.2 Å². The Morgan fingerprint density at radius 1 is 1.16 bits per heavy atom. The number of ketones is 1. The van der Waals surface area contributed by atoms with E-state index in [-0.39, 0.29) is 18.6 Å². The van der Waals surface area contributed by atoms with Gasteiger partial charge in [0.2, 0.25) is 5.78 Å². The van der Waals surface area contributed by atoms with Gasteiger partial charge in [-0.2, -0.15) is 0 Å². The first-order valence-corrected chi connectivity index (χ1v) is 12.1. The maximum absolute atomic E-state index is 12.7. The molecule has 1 aromatic rings. The van der Waals surface area contributed by atoms with Crippen LogP contribution in [0.4, 0.5) is 0 Å². The minimum absolute atomic E-state index is 0.0393. The Bertz CT molecular complexity index is 932. The average Bonchev–Trinajstić information content (AvgIpc) is 2.98. The van der Waals surface area contributed by atoms with E-state index >= 15 is 0 Å². The number of carbonyl (C=O) groups excluding carboxylic acids is 1. The molecule has 0 radical (unpaired) electrons. The van der Waals surface area contributed by atoms with Crippen molar-refractivity contribution in [3.05, 3.63) is 65.1 Å². The van der Waals surface area contributed by atoms with Crippen LogP contribution in [0.3, 0.4) is 0 Å². The second-order valence-corrected chi connectivity index (χ2v) is 9.54. The number of ether oxygens (including phenoxy) is 1. The van der Waals surface area contributed by atoms with Gasteiger partial charge in [-0.25, -0.2) is 8.42 Å². The standard InChI is InChI=1S/C23H30O7S/c1-31(28,29)21-17-23(27,14-5-6-16-30-19-11-3-2-4-12-19)20(22(21)26)13-7-9-18(25)10-8-15-24/h2-4,7,9,11-13,17-18,24-25,27H,5-6,8,10,14-16H2,1H3/b9-7-,20-13+. The summed E-state index contributed by atoms with van der Waals surface area (Å²) in [6.07, 6.45) is 7.49. The van der Waals surface area contributed by atoms with Crippen LogP contribution in [0, 0.1) is 0 Å². The summed E-state index contributed by atoms with van der Waals surface area (Å²) in [6.45, 7) is 0.381. The van der Waals surface area contributed by atoms with Gasteiger partial charge in [0.15, 0.2) is 9.84 Å². The summed E-state index contributed by atoms with van der Waals surface area (Å²) >= 11 is 0. The van der Waals surface area contributed by atoms with Gasteiger partial charge >= 0.3 is 0 Å².